The number of aryl methyl sites for hydroxylation is 1. The minimum absolute atomic E-state index is 0.0395. The van der Waals surface area contributed by atoms with Crippen LogP contribution < -0.4 is 9.62 Å². The van der Waals surface area contributed by atoms with Gasteiger partial charge in [0, 0.05) is 24.2 Å². The van der Waals surface area contributed by atoms with Crippen molar-refractivity contribution in [3.63, 3.8) is 0 Å². The molecule has 0 saturated heterocycles. The highest BCUT2D eigenvalue weighted by Crippen LogP contribution is 2.22. The normalized spacial score (nSPS) is 11.0. The first kappa shape index (κ1) is 22.2. The second-order valence-electron chi connectivity index (χ2n) is 7.04. The Hall–Kier alpha value is -3.47. The smallest absolute Gasteiger partial charge is 0.258 e. The number of hydrogen-bond donors (Lipinski definition) is 1. The van der Waals surface area contributed by atoms with Crippen molar-refractivity contribution in [2.45, 2.75) is 24.8 Å². The van der Waals surface area contributed by atoms with E-state index in [9.17, 15) is 13.2 Å². The monoisotopic (exact) mass is 433 g/mol. The van der Waals surface area contributed by atoms with Crippen molar-refractivity contribution in [2.75, 3.05) is 11.4 Å². The van der Waals surface area contributed by atoms with Crippen LogP contribution >= 0.6 is 0 Å². The molecule has 1 amide bonds. The lowest BCUT2D eigenvalue weighted by Crippen LogP contribution is -2.30. The van der Waals surface area contributed by atoms with Crippen LogP contribution in [-0.4, -0.2) is 20.9 Å². The third-order valence-electron chi connectivity index (χ3n) is 4.71. The van der Waals surface area contributed by atoms with E-state index < -0.39 is 10.0 Å². The van der Waals surface area contributed by atoms with Gasteiger partial charge in [0.1, 0.15) is 0 Å². The zero-order valence-corrected chi connectivity index (χ0v) is 18.0. The first-order valence-corrected chi connectivity index (χ1v) is 11.3. The highest BCUT2D eigenvalue weighted by atomic mass is 32.2. The lowest BCUT2D eigenvalue weighted by Gasteiger charge is -2.23. The Morgan fingerprint density at radius 1 is 0.968 bits per heavy atom. The Bertz CT molecular complexity index is 1170. The number of anilines is 1. The second-order valence-corrected chi connectivity index (χ2v) is 8.81. The summed E-state index contributed by atoms with van der Waals surface area (Å²) in [5, 5.41) is 8.57. The number of carbonyl (C=O) groups is 1. The van der Waals surface area contributed by atoms with E-state index in [1.807, 2.05) is 67.6 Å². The number of nitrogens with zero attached hydrogens (tertiary/aromatic N) is 2. The number of amides is 1. The highest BCUT2D eigenvalue weighted by molar-refractivity contribution is 7.89. The first-order chi connectivity index (χ1) is 14.9. The first-order valence-electron chi connectivity index (χ1n) is 9.80. The van der Waals surface area contributed by atoms with Crippen LogP contribution in [0.2, 0.25) is 0 Å². The summed E-state index contributed by atoms with van der Waals surface area (Å²) in [4.78, 5) is 15.0. The van der Waals surface area contributed by atoms with Gasteiger partial charge in [-0.3, -0.25) is 4.79 Å². The Kier molecular flexibility index (Phi) is 7.19. The molecular weight excluding hydrogens is 410 g/mol. The van der Waals surface area contributed by atoms with Crippen molar-refractivity contribution >= 4 is 21.6 Å². The number of nitriles is 1. The van der Waals surface area contributed by atoms with Crippen LogP contribution in [0.1, 0.15) is 27.9 Å². The van der Waals surface area contributed by atoms with Crippen LogP contribution in [0, 0.1) is 18.3 Å². The molecule has 0 aromatic heterocycles. The average Bonchev–Trinajstić information content (AvgIpc) is 2.79. The number of nitrogens with one attached hydrogen (secondary N) is 1. The summed E-state index contributed by atoms with van der Waals surface area (Å²) in [5.74, 6) is -0.228. The van der Waals surface area contributed by atoms with Gasteiger partial charge in [-0.2, -0.15) is 5.26 Å². The number of hydrogen-bond acceptors (Lipinski definition) is 4. The summed E-state index contributed by atoms with van der Waals surface area (Å²) >= 11 is 0. The molecule has 3 aromatic rings. The molecular formula is C24H23N3O3S. The van der Waals surface area contributed by atoms with Gasteiger partial charge in [0.2, 0.25) is 10.0 Å². The number of carbonyl (C=O) groups excluding carboxylic acids is 1. The molecule has 0 heterocycles. The molecule has 0 saturated carbocycles. The molecule has 0 aliphatic carbocycles. The summed E-state index contributed by atoms with van der Waals surface area (Å²) in [6.07, 6.45) is 0.0841. The van der Waals surface area contributed by atoms with Crippen molar-refractivity contribution in [3.05, 3.63) is 95.6 Å². The fraction of sp³-hybridized carbons (Fsp3) is 0.167. The third-order valence-corrected chi connectivity index (χ3v) is 6.19. The van der Waals surface area contributed by atoms with Crippen LogP contribution in [0.25, 0.3) is 0 Å². The lowest BCUT2D eigenvalue weighted by molar-refractivity contribution is 0.0985. The van der Waals surface area contributed by atoms with E-state index in [-0.39, 0.29) is 23.8 Å². The largest absolute Gasteiger partial charge is 0.304 e. The summed E-state index contributed by atoms with van der Waals surface area (Å²) in [5.41, 5.74) is 3.22. The average molecular weight is 434 g/mol. The molecule has 3 rings (SSSR count). The standard InChI is InChI=1S/C24H23N3O3S/c1-19-8-12-22(13-9-19)27(18-20-6-3-2-4-7-20)24(28)21-10-14-23(15-11-21)31(29,30)26-17-5-16-25/h2-4,6-15,26H,5,17-18H2,1H3. The highest BCUT2D eigenvalue weighted by Gasteiger charge is 2.20. The van der Waals surface area contributed by atoms with Crippen molar-refractivity contribution in [1.29, 1.82) is 5.26 Å². The molecule has 7 heteroatoms. The van der Waals surface area contributed by atoms with Gasteiger partial charge in [0.05, 0.1) is 17.5 Å². The fourth-order valence-electron chi connectivity index (χ4n) is 3.03. The molecule has 6 nitrogen and oxygen atoms in total. The second kappa shape index (κ2) is 10.0. The summed E-state index contributed by atoms with van der Waals surface area (Å²) in [7, 11) is -3.73. The molecule has 31 heavy (non-hydrogen) atoms. The predicted octanol–water partition coefficient (Wildman–Crippen LogP) is 4.03. The fourth-order valence-corrected chi connectivity index (χ4v) is 4.06. The molecule has 0 spiro atoms. The Morgan fingerprint density at radius 2 is 1.61 bits per heavy atom. The molecule has 158 valence electrons. The van der Waals surface area contributed by atoms with Gasteiger partial charge in [-0.1, -0.05) is 48.0 Å². The third kappa shape index (κ3) is 5.79. The van der Waals surface area contributed by atoms with Gasteiger partial charge in [-0.25, -0.2) is 13.1 Å². The van der Waals surface area contributed by atoms with Crippen molar-refractivity contribution in [1.82, 2.24) is 4.72 Å². The number of rotatable bonds is 8. The number of sulfonamides is 1. The maximum atomic E-state index is 13.3. The van der Waals surface area contributed by atoms with Gasteiger partial charge in [-0.15, -0.1) is 0 Å². The van der Waals surface area contributed by atoms with Crippen LogP contribution in [0.15, 0.2) is 83.8 Å². The number of benzene rings is 3. The van der Waals surface area contributed by atoms with Crippen LogP contribution in [0.3, 0.4) is 0 Å². The topological polar surface area (TPSA) is 90.3 Å². The quantitative estimate of drug-likeness (QED) is 0.543. The minimum atomic E-state index is -3.73. The minimum Gasteiger partial charge on any atom is -0.304 e. The SMILES string of the molecule is Cc1ccc(N(Cc2ccccc2)C(=O)c2ccc(S(=O)(=O)NCCC#N)cc2)cc1. The van der Waals surface area contributed by atoms with E-state index in [1.54, 1.807) is 4.90 Å². The summed E-state index contributed by atoms with van der Waals surface area (Å²) in [6, 6.07) is 25.1. The maximum Gasteiger partial charge on any atom is 0.258 e. The molecule has 0 atom stereocenters. The zero-order chi connectivity index (χ0) is 22.3. The zero-order valence-electron chi connectivity index (χ0n) is 17.2. The molecule has 3 aromatic carbocycles. The molecule has 0 aliphatic rings. The van der Waals surface area contributed by atoms with Gasteiger partial charge in [0.15, 0.2) is 0 Å². The van der Waals surface area contributed by atoms with E-state index >= 15 is 0 Å². The summed E-state index contributed by atoms with van der Waals surface area (Å²) < 4.78 is 27.0. The van der Waals surface area contributed by atoms with E-state index in [0.717, 1.165) is 16.8 Å². The molecule has 0 bridgehead atoms. The van der Waals surface area contributed by atoms with Crippen molar-refractivity contribution in [3.8, 4) is 6.07 Å². The van der Waals surface area contributed by atoms with Gasteiger partial charge < -0.3 is 4.90 Å². The molecule has 0 unspecified atom stereocenters. The van der Waals surface area contributed by atoms with Gasteiger partial charge in [0.25, 0.3) is 5.91 Å². The van der Waals surface area contributed by atoms with Crippen molar-refractivity contribution < 1.29 is 13.2 Å². The molecule has 0 radical (unpaired) electrons. The Balaban J connectivity index is 1.87. The van der Waals surface area contributed by atoms with E-state index in [0.29, 0.717) is 12.1 Å². The van der Waals surface area contributed by atoms with Crippen LogP contribution in [0.4, 0.5) is 5.69 Å². The van der Waals surface area contributed by atoms with E-state index in [2.05, 4.69) is 4.72 Å². The Labute approximate surface area is 182 Å². The maximum absolute atomic E-state index is 13.3. The summed E-state index contributed by atoms with van der Waals surface area (Å²) in [6.45, 7) is 2.41. The lowest BCUT2D eigenvalue weighted by atomic mass is 10.1. The molecule has 1 N–H and O–H groups in total. The van der Waals surface area contributed by atoms with E-state index in [4.69, 9.17) is 5.26 Å². The van der Waals surface area contributed by atoms with Crippen LogP contribution in [0.5, 0.6) is 0 Å². The Morgan fingerprint density at radius 3 is 2.23 bits per heavy atom. The van der Waals surface area contributed by atoms with Crippen LogP contribution in [-0.2, 0) is 16.6 Å². The van der Waals surface area contributed by atoms with Gasteiger partial charge in [-0.05, 0) is 48.9 Å². The van der Waals surface area contributed by atoms with E-state index in [1.165, 1.54) is 24.3 Å². The van der Waals surface area contributed by atoms with Gasteiger partial charge >= 0.3 is 0 Å². The van der Waals surface area contributed by atoms with Crippen molar-refractivity contribution in [2.24, 2.45) is 0 Å². The predicted molar refractivity (Wildman–Crippen MR) is 120 cm³/mol. The molecule has 0 fully saturated rings. The molecule has 0 aliphatic heterocycles.